The Morgan fingerprint density at radius 3 is 2.45 bits per heavy atom. The predicted molar refractivity (Wildman–Crippen MR) is 113 cm³/mol. The van der Waals surface area contributed by atoms with Crippen LogP contribution in [0.1, 0.15) is 64.2 Å². The zero-order chi connectivity index (χ0) is 21.0. The van der Waals surface area contributed by atoms with Crippen LogP contribution in [0.2, 0.25) is 0 Å². The number of rotatable bonds is 1. The van der Waals surface area contributed by atoms with Gasteiger partial charge in [-0.1, -0.05) is 39.0 Å². The molecule has 2 saturated heterocycles. The average molecular weight is 399 g/mol. The third kappa shape index (κ3) is 2.06. The summed E-state index contributed by atoms with van der Waals surface area (Å²) in [6, 6.07) is 4.23. The van der Waals surface area contributed by atoms with Gasteiger partial charge in [0.1, 0.15) is 17.5 Å². The van der Waals surface area contributed by atoms with Crippen LogP contribution in [-0.4, -0.2) is 29.7 Å². The van der Waals surface area contributed by atoms with Gasteiger partial charge in [0.05, 0.1) is 12.7 Å². The summed E-state index contributed by atoms with van der Waals surface area (Å²) < 4.78 is 19.4. The summed E-state index contributed by atoms with van der Waals surface area (Å²) >= 11 is 0. The molecule has 0 unspecified atom stereocenters. The van der Waals surface area contributed by atoms with E-state index in [1.54, 1.807) is 7.11 Å². The molecule has 2 aliphatic heterocycles. The Kier molecular flexibility index (Phi) is 3.82. The second-order valence-electron chi connectivity index (χ2n) is 10.5. The molecule has 1 aromatic rings. The number of aliphatic hydroxyl groups excluding tert-OH is 1. The largest absolute Gasteiger partial charge is 0.496 e. The van der Waals surface area contributed by atoms with Gasteiger partial charge in [0.25, 0.3) is 0 Å². The highest BCUT2D eigenvalue weighted by Gasteiger charge is 2.74. The van der Waals surface area contributed by atoms with Crippen molar-refractivity contribution >= 4 is 6.08 Å². The predicted octanol–water partition coefficient (Wildman–Crippen LogP) is 4.81. The monoisotopic (exact) mass is 398 g/mol. The zero-order valence-corrected chi connectivity index (χ0v) is 18.7. The minimum absolute atomic E-state index is 0.00122. The molecule has 2 heterocycles. The lowest BCUT2D eigenvalue weighted by Gasteiger charge is -2.59. The van der Waals surface area contributed by atoms with E-state index in [4.69, 9.17) is 14.2 Å². The summed E-state index contributed by atoms with van der Waals surface area (Å²) in [5.41, 5.74) is 2.49. The van der Waals surface area contributed by atoms with E-state index >= 15 is 0 Å². The van der Waals surface area contributed by atoms with Crippen LogP contribution in [0.4, 0.5) is 0 Å². The number of fused-ring (bicyclic) bond motifs is 1. The van der Waals surface area contributed by atoms with Gasteiger partial charge in [-0.15, -0.1) is 0 Å². The van der Waals surface area contributed by atoms with Crippen molar-refractivity contribution < 1.29 is 19.3 Å². The van der Waals surface area contributed by atoms with Crippen LogP contribution in [0.15, 0.2) is 18.2 Å². The van der Waals surface area contributed by atoms with Gasteiger partial charge in [0.2, 0.25) is 0 Å². The van der Waals surface area contributed by atoms with Crippen LogP contribution in [0.3, 0.4) is 0 Å². The molecule has 0 aromatic heterocycles. The molecule has 4 nitrogen and oxygen atoms in total. The Bertz CT molecular complexity index is 904. The fourth-order valence-corrected chi connectivity index (χ4v) is 7.03. The number of aliphatic hydroxyl groups is 1. The molecule has 5 rings (SSSR count). The second kappa shape index (κ2) is 5.66. The first-order valence-electron chi connectivity index (χ1n) is 11.0. The number of hydrogen-bond donors (Lipinski definition) is 1. The highest BCUT2D eigenvalue weighted by molar-refractivity contribution is 5.67. The SMILES string of the molecule is COc1ccc2c(c1C)C=C[C@@]1(C)[C@@H]3CC[C@]21O[C@]1(OC(C)(C)[C@@H](C)[C@H]1O)[C@H]3C. The lowest BCUT2D eigenvalue weighted by Crippen LogP contribution is -2.64. The molecule has 4 heteroatoms. The van der Waals surface area contributed by atoms with Crippen molar-refractivity contribution in [3.63, 3.8) is 0 Å². The molecule has 0 radical (unpaired) electrons. The van der Waals surface area contributed by atoms with Crippen LogP contribution in [0, 0.1) is 30.1 Å². The molecule has 1 spiro atoms. The van der Waals surface area contributed by atoms with E-state index in [2.05, 4.69) is 65.8 Å². The van der Waals surface area contributed by atoms with Gasteiger partial charge in [0.15, 0.2) is 5.79 Å². The van der Waals surface area contributed by atoms with E-state index in [1.807, 2.05) is 0 Å². The highest BCUT2D eigenvalue weighted by atomic mass is 16.7. The van der Waals surface area contributed by atoms with Gasteiger partial charge >= 0.3 is 0 Å². The van der Waals surface area contributed by atoms with Crippen LogP contribution in [0.25, 0.3) is 6.08 Å². The highest BCUT2D eigenvalue weighted by Crippen LogP contribution is 2.71. The maximum atomic E-state index is 11.4. The minimum Gasteiger partial charge on any atom is -0.496 e. The molecule has 2 bridgehead atoms. The summed E-state index contributed by atoms with van der Waals surface area (Å²) in [6.45, 7) is 12.9. The molecule has 29 heavy (non-hydrogen) atoms. The van der Waals surface area contributed by atoms with Gasteiger partial charge < -0.3 is 19.3 Å². The van der Waals surface area contributed by atoms with Gasteiger partial charge in [-0.05, 0) is 62.3 Å². The van der Waals surface area contributed by atoms with E-state index in [0.717, 1.165) is 24.2 Å². The number of methoxy groups -OCH3 is 1. The maximum absolute atomic E-state index is 11.4. The summed E-state index contributed by atoms with van der Waals surface area (Å²) in [4.78, 5) is 0. The molecule has 1 saturated carbocycles. The summed E-state index contributed by atoms with van der Waals surface area (Å²) in [5, 5.41) is 11.4. The molecule has 0 amide bonds. The third-order valence-corrected chi connectivity index (χ3v) is 9.14. The normalized spacial score (nSPS) is 46.6. The van der Waals surface area contributed by atoms with Crippen molar-refractivity contribution in [1.82, 2.24) is 0 Å². The molecule has 7 atom stereocenters. The fraction of sp³-hybridized carbons (Fsp3) is 0.680. The fourth-order valence-electron chi connectivity index (χ4n) is 7.03. The van der Waals surface area contributed by atoms with E-state index < -0.39 is 23.1 Å². The van der Waals surface area contributed by atoms with Gasteiger partial charge in [-0.25, -0.2) is 0 Å². The molecule has 2 aliphatic carbocycles. The number of hydrogen-bond acceptors (Lipinski definition) is 4. The minimum atomic E-state index is -0.972. The number of benzene rings is 1. The van der Waals surface area contributed by atoms with Crippen molar-refractivity contribution in [2.24, 2.45) is 23.2 Å². The Morgan fingerprint density at radius 1 is 1.10 bits per heavy atom. The molecular formula is C25H34O4. The molecule has 1 aromatic carbocycles. The van der Waals surface area contributed by atoms with Crippen LogP contribution >= 0.6 is 0 Å². The molecular weight excluding hydrogens is 364 g/mol. The summed E-state index contributed by atoms with van der Waals surface area (Å²) in [5.74, 6) is 0.418. The Labute approximate surface area is 174 Å². The van der Waals surface area contributed by atoms with E-state index in [0.29, 0.717) is 5.92 Å². The average Bonchev–Trinajstić information content (AvgIpc) is 3.00. The second-order valence-corrected chi connectivity index (χ2v) is 10.5. The summed E-state index contributed by atoms with van der Waals surface area (Å²) in [6.07, 6.45) is 5.98. The van der Waals surface area contributed by atoms with Crippen molar-refractivity contribution in [2.75, 3.05) is 7.11 Å². The molecule has 1 N–H and O–H groups in total. The zero-order valence-electron chi connectivity index (χ0n) is 18.7. The molecule has 3 fully saturated rings. The van der Waals surface area contributed by atoms with Crippen molar-refractivity contribution in [3.05, 3.63) is 34.9 Å². The van der Waals surface area contributed by atoms with Crippen molar-refractivity contribution in [3.8, 4) is 5.75 Å². The van der Waals surface area contributed by atoms with E-state index in [-0.39, 0.29) is 17.3 Å². The molecule has 4 aliphatic rings. The Balaban J connectivity index is 1.72. The first-order chi connectivity index (χ1) is 13.5. The van der Waals surface area contributed by atoms with Crippen molar-refractivity contribution in [2.45, 2.75) is 77.5 Å². The van der Waals surface area contributed by atoms with Crippen LogP contribution in [-0.2, 0) is 15.1 Å². The number of ether oxygens (including phenoxy) is 3. The molecule has 158 valence electrons. The maximum Gasteiger partial charge on any atom is 0.199 e. The standard InChI is InChI=1S/C25H34O4/c1-14-17-10-12-23(6)18-11-13-24(23,19(17)8-9-20(14)27-7)29-25(15(18)2)21(26)16(3)22(4,5)28-25/h8-10,12,15-16,18,21,26H,11,13H2,1-7H3/t15-,16-,18+,21+,23-,24-,25+/m0/s1. The Morgan fingerprint density at radius 2 is 1.83 bits per heavy atom. The smallest absolute Gasteiger partial charge is 0.199 e. The lowest BCUT2D eigenvalue weighted by atomic mass is 9.57. The summed E-state index contributed by atoms with van der Waals surface area (Å²) in [7, 11) is 1.72. The third-order valence-electron chi connectivity index (χ3n) is 9.14. The van der Waals surface area contributed by atoms with Gasteiger partial charge in [-0.2, -0.15) is 0 Å². The van der Waals surface area contributed by atoms with Gasteiger partial charge in [0, 0.05) is 17.3 Å². The Hall–Kier alpha value is -1.36. The van der Waals surface area contributed by atoms with E-state index in [9.17, 15) is 5.11 Å². The van der Waals surface area contributed by atoms with Crippen LogP contribution < -0.4 is 4.74 Å². The van der Waals surface area contributed by atoms with Gasteiger partial charge in [-0.3, -0.25) is 0 Å². The van der Waals surface area contributed by atoms with Crippen LogP contribution in [0.5, 0.6) is 5.75 Å². The topological polar surface area (TPSA) is 47.9 Å². The lowest BCUT2D eigenvalue weighted by molar-refractivity contribution is -0.382. The quantitative estimate of drug-likeness (QED) is 0.737. The van der Waals surface area contributed by atoms with Crippen molar-refractivity contribution in [1.29, 1.82) is 0 Å². The first-order valence-corrected chi connectivity index (χ1v) is 11.0. The van der Waals surface area contributed by atoms with E-state index in [1.165, 1.54) is 11.1 Å². The first kappa shape index (κ1) is 19.6.